The molecule has 0 radical (unpaired) electrons. The monoisotopic (exact) mass is 542 g/mol. The molecule has 204 valence electrons. The van der Waals surface area contributed by atoms with Gasteiger partial charge >= 0.3 is 5.13 Å². The van der Waals surface area contributed by atoms with E-state index in [1.54, 1.807) is 36.1 Å². The van der Waals surface area contributed by atoms with Crippen LogP contribution in [0.2, 0.25) is 0 Å². The molecule has 12 heteroatoms. The first kappa shape index (κ1) is 28.8. The van der Waals surface area contributed by atoms with Crippen molar-refractivity contribution in [3.05, 3.63) is 36.4 Å². The molecule has 0 aliphatic rings. The van der Waals surface area contributed by atoms with Crippen LogP contribution in [0.1, 0.15) is 34.6 Å². The zero-order chi connectivity index (χ0) is 27.8. The normalized spacial score (nSPS) is 11.3. The Kier molecular flexibility index (Phi) is 9.97. The molecule has 1 amide bonds. The number of rotatable bonds is 12. The number of amides is 1. The van der Waals surface area contributed by atoms with Crippen LogP contribution in [-0.2, 0) is 11.8 Å². The van der Waals surface area contributed by atoms with Crippen molar-refractivity contribution in [1.82, 2.24) is 5.10 Å². The Labute approximate surface area is 227 Å². The Bertz CT molecular complexity index is 1250. The number of hydrogen-bond donors (Lipinski definition) is 3. The summed E-state index contributed by atoms with van der Waals surface area (Å²) in [6.07, 6.45) is 0. The number of nitrogens with one attached hydrogen (secondary N) is 2. The molecular formula is C26H36N7O4S+. The van der Waals surface area contributed by atoms with Gasteiger partial charge in [0.15, 0.2) is 0 Å². The highest BCUT2D eigenvalue weighted by Crippen LogP contribution is 2.39. The van der Waals surface area contributed by atoms with Gasteiger partial charge in [-0.3, -0.25) is 4.79 Å². The number of aliphatic hydroxyl groups excluding tert-OH is 1. The van der Waals surface area contributed by atoms with Gasteiger partial charge in [0, 0.05) is 30.8 Å². The molecule has 1 heterocycles. The smallest absolute Gasteiger partial charge is 0.431 e. The molecule has 0 unspecified atom stereocenters. The number of ether oxygens (including phenoxy) is 2. The number of benzene rings is 2. The number of aliphatic hydroxyl groups is 1. The minimum absolute atomic E-state index is 0.0520. The van der Waals surface area contributed by atoms with Crippen LogP contribution in [0.25, 0.3) is 0 Å². The summed E-state index contributed by atoms with van der Waals surface area (Å²) in [6.45, 7) is 10.1. The maximum Gasteiger partial charge on any atom is 0.431 e. The van der Waals surface area contributed by atoms with E-state index in [-0.39, 0.29) is 31.2 Å². The highest BCUT2D eigenvalue weighted by molar-refractivity contribution is 7.18. The predicted molar refractivity (Wildman–Crippen MR) is 150 cm³/mol. The predicted octanol–water partition coefficient (Wildman–Crippen LogP) is 5.09. The molecule has 38 heavy (non-hydrogen) atoms. The fourth-order valence-corrected chi connectivity index (χ4v) is 4.93. The quantitative estimate of drug-likeness (QED) is 0.215. The van der Waals surface area contributed by atoms with E-state index >= 15 is 0 Å². The van der Waals surface area contributed by atoms with Gasteiger partial charge in [0.25, 0.3) is 0 Å². The largest absolute Gasteiger partial charge is 0.494 e. The van der Waals surface area contributed by atoms with Gasteiger partial charge in [-0.15, -0.1) is 4.68 Å². The van der Waals surface area contributed by atoms with E-state index in [0.29, 0.717) is 33.7 Å². The minimum atomic E-state index is -0.238. The first-order chi connectivity index (χ1) is 18.1. The van der Waals surface area contributed by atoms with Gasteiger partial charge in [-0.25, -0.2) is 0 Å². The molecule has 11 nitrogen and oxygen atoms in total. The van der Waals surface area contributed by atoms with Crippen LogP contribution in [0.15, 0.2) is 46.6 Å². The first-order valence-electron chi connectivity index (χ1n) is 12.3. The van der Waals surface area contributed by atoms with Crippen LogP contribution in [0.5, 0.6) is 11.5 Å². The van der Waals surface area contributed by atoms with E-state index in [9.17, 15) is 4.79 Å². The lowest BCUT2D eigenvalue weighted by Crippen LogP contribution is -2.39. The van der Waals surface area contributed by atoms with Crippen molar-refractivity contribution in [2.75, 3.05) is 35.9 Å². The number of aromatic nitrogens is 2. The Morgan fingerprint density at radius 1 is 1.13 bits per heavy atom. The Hall–Kier alpha value is -3.77. The molecule has 3 rings (SSSR count). The molecule has 0 saturated carbocycles. The van der Waals surface area contributed by atoms with Gasteiger partial charge in [0.05, 0.1) is 30.2 Å². The van der Waals surface area contributed by atoms with E-state index in [4.69, 9.17) is 14.6 Å². The van der Waals surface area contributed by atoms with Crippen LogP contribution in [0.4, 0.5) is 33.0 Å². The third kappa shape index (κ3) is 7.39. The molecule has 0 aliphatic heterocycles. The van der Waals surface area contributed by atoms with E-state index in [1.165, 1.54) is 18.3 Å². The average Bonchev–Trinajstić information content (AvgIpc) is 3.21. The number of carbonyl (C=O) groups is 1. The summed E-state index contributed by atoms with van der Waals surface area (Å²) in [5, 5.41) is 30.1. The summed E-state index contributed by atoms with van der Waals surface area (Å²) in [6, 6.07) is 11.3. The summed E-state index contributed by atoms with van der Waals surface area (Å²) in [7, 11) is 3.39. The number of nitrogens with zero attached hydrogens (tertiary/aromatic N) is 5. The fraction of sp³-hybridized carbons (Fsp3) is 0.423. The molecule has 1 aromatic heterocycles. The standard InChI is InChI=1S/C26H35N7O4S/c1-16(2)33(17(3)4)26-31-32(6)25(38-26)30-29-22-15-24(36-7)23(14-21(22)27-18(5)35)28-19-8-10-20(11-9-19)37-13-12-34/h8-11,14-17,34H,12-13H2,1-7H3,(H,27,28,35)/p+1. The second-order valence-corrected chi connectivity index (χ2v) is 9.99. The van der Waals surface area contributed by atoms with Crippen LogP contribution >= 0.6 is 11.3 Å². The molecule has 0 spiro atoms. The molecule has 2 aromatic carbocycles. The Balaban J connectivity index is 1.92. The summed E-state index contributed by atoms with van der Waals surface area (Å²) >= 11 is 1.45. The van der Waals surface area contributed by atoms with Crippen molar-refractivity contribution in [3.8, 4) is 11.5 Å². The maximum atomic E-state index is 12.0. The van der Waals surface area contributed by atoms with E-state index < -0.39 is 0 Å². The molecular weight excluding hydrogens is 506 g/mol. The Morgan fingerprint density at radius 2 is 1.82 bits per heavy atom. The van der Waals surface area contributed by atoms with E-state index in [0.717, 1.165) is 10.8 Å². The number of methoxy groups -OCH3 is 1. The number of aryl methyl sites for hydroxylation is 1. The maximum absolute atomic E-state index is 12.0. The number of carbonyl (C=O) groups excluding carboxylic acids is 1. The lowest BCUT2D eigenvalue weighted by molar-refractivity contribution is -0.712. The van der Waals surface area contributed by atoms with Gasteiger partial charge in [0.1, 0.15) is 30.8 Å². The summed E-state index contributed by atoms with van der Waals surface area (Å²) in [5.41, 5.74) is 2.34. The molecule has 0 fully saturated rings. The Morgan fingerprint density at radius 3 is 2.39 bits per heavy atom. The molecule has 0 atom stereocenters. The highest BCUT2D eigenvalue weighted by atomic mass is 32.1. The van der Waals surface area contributed by atoms with Crippen molar-refractivity contribution < 1.29 is 24.1 Å². The molecule has 0 bridgehead atoms. The number of azo groups is 1. The van der Waals surface area contributed by atoms with Crippen LogP contribution in [0.3, 0.4) is 0 Å². The van der Waals surface area contributed by atoms with E-state index in [2.05, 4.69) is 58.6 Å². The third-order valence-corrected chi connectivity index (χ3v) is 6.40. The second-order valence-electron chi connectivity index (χ2n) is 9.06. The topological polar surface area (TPSA) is 125 Å². The van der Waals surface area contributed by atoms with Crippen molar-refractivity contribution in [2.45, 2.75) is 46.7 Å². The highest BCUT2D eigenvalue weighted by Gasteiger charge is 2.24. The lowest BCUT2D eigenvalue weighted by Gasteiger charge is -2.28. The summed E-state index contributed by atoms with van der Waals surface area (Å²) < 4.78 is 12.7. The van der Waals surface area contributed by atoms with Gasteiger partial charge in [0.2, 0.25) is 11.0 Å². The van der Waals surface area contributed by atoms with Gasteiger partial charge in [-0.1, -0.05) is 5.10 Å². The van der Waals surface area contributed by atoms with E-state index in [1.807, 2.05) is 19.2 Å². The van der Waals surface area contributed by atoms with Crippen LogP contribution in [0, 0.1) is 0 Å². The average molecular weight is 543 g/mol. The fourth-order valence-electron chi connectivity index (χ4n) is 3.83. The first-order valence-corrected chi connectivity index (χ1v) is 13.1. The number of anilines is 4. The number of hydrogen-bond acceptors (Lipinski definition) is 10. The molecule has 3 N–H and O–H groups in total. The zero-order valence-corrected chi connectivity index (χ0v) is 23.7. The van der Waals surface area contributed by atoms with Crippen molar-refractivity contribution in [3.63, 3.8) is 0 Å². The van der Waals surface area contributed by atoms with Crippen LogP contribution < -0.4 is 29.7 Å². The molecule has 0 saturated heterocycles. The SMILES string of the molecule is COc1cc(N=Nc2sc(N(C(C)C)C(C)C)n[n+]2C)c(NC(C)=O)cc1Nc1ccc(OCCO)cc1. The summed E-state index contributed by atoms with van der Waals surface area (Å²) in [4.78, 5) is 14.2. The van der Waals surface area contributed by atoms with Crippen molar-refractivity contribution in [2.24, 2.45) is 17.3 Å². The minimum Gasteiger partial charge on any atom is -0.494 e. The lowest BCUT2D eigenvalue weighted by atomic mass is 10.2. The zero-order valence-electron chi connectivity index (χ0n) is 22.8. The van der Waals surface area contributed by atoms with Crippen molar-refractivity contribution >= 4 is 50.3 Å². The molecule has 3 aromatic rings. The van der Waals surface area contributed by atoms with Gasteiger partial charge in [-0.05, 0) is 74.5 Å². The van der Waals surface area contributed by atoms with Crippen molar-refractivity contribution in [1.29, 1.82) is 0 Å². The van der Waals surface area contributed by atoms with Gasteiger partial charge in [-0.2, -0.15) is 0 Å². The summed E-state index contributed by atoms with van der Waals surface area (Å²) in [5.74, 6) is 0.933. The van der Waals surface area contributed by atoms with Crippen LogP contribution in [-0.4, -0.2) is 48.5 Å². The second kappa shape index (κ2) is 13.2. The third-order valence-electron chi connectivity index (χ3n) is 5.39. The molecule has 0 aliphatic carbocycles. The van der Waals surface area contributed by atoms with Gasteiger partial charge < -0.3 is 30.1 Å².